The molecule has 0 radical (unpaired) electrons. The smallest absolute Gasteiger partial charge is 0.00137 e. The van der Waals surface area contributed by atoms with E-state index in [1.807, 2.05) is 0 Å². The van der Waals surface area contributed by atoms with Gasteiger partial charge >= 0.3 is 0 Å². The molecule has 0 spiro atoms. The zero-order valence-electron chi connectivity index (χ0n) is 36.1. The Bertz CT molecular complexity index is 4050. The van der Waals surface area contributed by atoms with Gasteiger partial charge < -0.3 is 0 Å². The Kier molecular flexibility index (Phi) is 8.08. The van der Waals surface area contributed by atoms with Gasteiger partial charge in [0, 0.05) is 0 Å². The van der Waals surface area contributed by atoms with E-state index in [1.54, 1.807) is 0 Å². The fourth-order valence-corrected chi connectivity index (χ4v) is 11.2. The molecular weight excluding hydrogens is 793 g/mol. The van der Waals surface area contributed by atoms with Crippen LogP contribution in [0.3, 0.4) is 0 Å². The van der Waals surface area contributed by atoms with Crippen LogP contribution >= 0.6 is 0 Å². The number of hydrogen-bond donors (Lipinski definition) is 0. The molecule has 0 unspecified atom stereocenters. The fourth-order valence-electron chi connectivity index (χ4n) is 11.2. The predicted octanol–water partition coefficient (Wildman–Crippen LogP) is 18.7. The Hall–Kier alpha value is -8.58. The largest absolute Gasteiger partial charge is 0.0616 e. The molecule has 0 heteroatoms. The Morgan fingerprint density at radius 2 is 0.470 bits per heavy atom. The second-order valence-corrected chi connectivity index (χ2v) is 18.0. The Labute approximate surface area is 382 Å². The van der Waals surface area contributed by atoms with E-state index >= 15 is 0 Å². The summed E-state index contributed by atoms with van der Waals surface area (Å²) >= 11 is 0. The molecule has 0 aliphatic heterocycles. The molecule has 66 heavy (non-hydrogen) atoms. The first-order valence-electron chi connectivity index (χ1n) is 23.0. The summed E-state index contributed by atoms with van der Waals surface area (Å²) in [4.78, 5) is 0. The molecule has 14 rings (SSSR count). The molecule has 0 atom stereocenters. The zero-order chi connectivity index (χ0) is 43.3. The number of benzene rings is 14. The average Bonchev–Trinajstić information content (AvgIpc) is 3.39. The molecule has 304 valence electrons. The van der Waals surface area contributed by atoms with Gasteiger partial charge in [0.25, 0.3) is 0 Å². The highest BCUT2D eigenvalue weighted by Gasteiger charge is 2.18. The van der Waals surface area contributed by atoms with Crippen LogP contribution in [0, 0.1) is 0 Å². The highest BCUT2D eigenvalue weighted by molar-refractivity contribution is 6.40. The SMILES string of the molecule is c1ccc2c(-c3ccc4ccc(-c5ccc6c7ccccc7c7c8cc(-c9ccc%10ccc(-c%11cccc%12ccccc%11%12)cc%10c9)ccc8c8ccccc8c7c6c5)cc4c3)cccc2c1. The van der Waals surface area contributed by atoms with Gasteiger partial charge in [-0.15, -0.1) is 0 Å². The van der Waals surface area contributed by atoms with Crippen LogP contribution in [0.15, 0.2) is 243 Å². The Morgan fingerprint density at radius 1 is 0.152 bits per heavy atom. The van der Waals surface area contributed by atoms with Crippen molar-refractivity contribution in [3.63, 3.8) is 0 Å². The van der Waals surface area contributed by atoms with E-state index in [4.69, 9.17) is 0 Å². The standard InChI is InChI=1S/C66H40/c1-3-15-53-43(11-1)13-9-21-55(53)49-29-25-41-23-27-45(35-51(41)37-49)47-31-33-59-57-17-5-8-20-62(57)66-64-40-48(32-34-60(64)58-18-6-7-19-61(58)65(66)63(59)39-47)46-28-24-42-26-30-50(38-52(42)36-46)56-22-10-14-44-12-2-4-16-54(44)56/h1-40H. The van der Waals surface area contributed by atoms with E-state index in [0.29, 0.717) is 0 Å². The monoisotopic (exact) mass is 832 g/mol. The Balaban J connectivity index is 0.966. The third-order valence-electron chi connectivity index (χ3n) is 14.3. The lowest BCUT2D eigenvalue weighted by Gasteiger charge is -2.18. The first kappa shape index (κ1) is 36.9. The normalized spacial score (nSPS) is 11.9. The molecule has 0 aliphatic rings. The summed E-state index contributed by atoms with van der Waals surface area (Å²) in [7, 11) is 0. The minimum atomic E-state index is 1.22. The van der Waals surface area contributed by atoms with Gasteiger partial charge in [-0.25, -0.2) is 0 Å². The van der Waals surface area contributed by atoms with E-state index in [2.05, 4.69) is 243 Å². The van der Waals surface area contributed by atoms with Gasteiger partial charge in [-0.2, -0.15) is 0 Å². The van der Waals surface area contributed by atoms with Gasteiger partial charge in [0.2, 0.25) is 0 Å². The van der Waals surface area contributed by atoms with Crippen molar-refractivity contribution in [3.05, 3.63) is 243 Å². The summed E-state index contributed by atoms with van der Waals surface area (Å²) in [5.41, 5.74) is 9.86. The summed E-state index contributed by atoms with van der Waals surface area (Å²) in [6.45, 7) is 0. The van der Waals surface area contributed by atoms with Crippen molar-refractivity contribution in [2.45, 2.75) is 0 Å². The third kappa shape index (κ3) is 5.72. The fraction of sp³-hybridized carbons (Fsp3) is 0. The maximum absolute atomic E-state index is 2.46. The highest BCUT2D eigenvalue weighted by Crippen LogP contribution is 2.46. The van der Waals surface area contributed by atoms with Gasteiger partial charge in [0.05, 0.1) is 0 Å². The summed E-state index contributed by atoms with van der Waals surface area (Å²) in [5, 5.41) is 22.9. The minimum absolute atomic E-state index is 1.22. The van der Waals surface area contributed by atoms with Crippen molar-refractivity contribution in [1.82, 2.24) is 0 Å². The molecule has 0 aliphatic carbocycles. The third-order valence-corrected chi connectivity index (χ3v) is 14.3. The van der Waals surface area contributed by atoms with Crippen LogP contribution < -0.4 is 0 Å². The van der Waals surface area contributed by atoms with E-state index in [1.165, 1.54) is 141 Å². The molecule has 0 bridgehead atoms. The number of hydrogen-bond acceptors (Lipinski definition) is 0. The van der Waals surface area contributed by atoms with Crippen LogP contribution in [0.5, 0.6) is 0 Å². The number of fused-ring (bicyclic) bond motifs is 15. The van der Waals surface area contributed by atoms with Crippen LogP contribution in [-0.4, -0.2) is 0 Å². The molecule has 0 amide bonds. The molecule has 0 nitrogen and oxygen atoms in total. The van der Waals surface area contributed by atoms with Gasteiger partial charge in [0.15, 0.2) is 0 Å². The molecule has 0 N–H and O–H groups in total. The summed E-state index contributed by atoms with van der Waals surface area (Å²) in [5.74, 6) is 0. The maximum atomic E-state index is 2.46. The van der Waals surface area contributed by atoms with Crippen LogP contribution in [0.2, 0.25) is 0 Å². The first-order valence-corrected chi connectivity index (χ1v) is 23.0. The molecule has 14 aromatic rings. The Morgan fingerprint density at radius 3 is 0.924 bits per heavy atom. The molecule has 0 saturated heterocycles. The van der Waals surface area contributed by atoms with Crippen molar-refractivity contribution < 1.29 is 0 Å². The van der Waals surface area contributed by atoms with E-state index in [9.17, 15) is 0 Å². The lowest BCUT2D eigenvalue weighted by atomic mass is 9.85. The second kappa shape index (κ2) is 14.5. The van der Waals surface area contributed by atoms with Gasteiger partial charge in [-0.1, -0.05) is 206 Å². The molecule has 0 saturated carbocycles. The van der Waals surface area contributed by atoms with Crippen LogP contribution in [0.25, 0.3) is 141 Å². The lowest BCUT2D eigenvalue weighted by Crippen LogP contribution is -1.90. The van der Waals surface area contributed by atoms with Crippen LogP contribution in [0.4, 0.5) is 0 Å². The lowest BCUT2D eigenvalue weighted by molar-refractivity contribution is 1.66. The van der Waals surface area contributed by atoms with E-state index < -0.39 is 0 Å². The molecule has 0 fully saturated rings. The van der Waals surface area contributed by atoms with Crippen LogP contribution in [0.1, 0.15) is 0 Å². The van der Waals surface area contributed by atoms with E-state index in [0.717, 1.165) is 0 Å². The van der Waals surface area contributed by atoms with Crippen LogP contribution in [-0.2, 0) is 0 Å². The topological polar surface area (TPSA) is 0 Å². The zero-order valence-corrected chi connectivity index (χ0v) is 36.1. The van der Waals surface area contributed by atoms with Gasteiger partial charge in [-0.3, -0.25) is 0 Å². The molecular formula is C66H40. The highest BCUT2D eigenvalue weighted by atomic mass is 14.2. The molecule has 14 aromatic carbocycles. The minimum Gasteiger partial charge on any atom is -0.0616 e. The molecule has 0 heterocycles. The summed E-state index contributed by atoms with van der Waals surface area (Å²) < 4.78 is 0. The first-order chi connectivity index (χ1) is 32.7. The average molecular weight is 833 g/mol. The quantitative estimate of drug-likeness (QED) is 0.155. The van der Waals surface area contributed by atoms with Crippen molar-refractivity contribution in [1.29, 1.82) is 0 Å². The summed E-state index contributed by atoms with van der Waals surface area (Å²) in [6, 6.07) is 90.6. The predicted molar refractivity (Wildman–Crippen MR) is 286 cm³/mol. The van der Waals surface area contributed by atoms with Crippen molar-refractivity contribution in [2.24, 2.45) is 0 Å². The summed E-state index contributed by atoms with van der Waals surface area (Å²) in [6.07, 6.45) is 0. The van der Waals surface area contributed by atoms with Crippen molar-refractivity contribution >= 4 is 97.0 Å². The van der Waals surface area contributed by atoms with Crippen molar-refractivity contribution in [3.8, 4) is 44.5 Å². The number of rotatable bonds is 4. The van der Waals surface area contributed by atoms with Gasteiger partial charge in [-0.05, 0) is 178 Å². The van der Waals surface area contributed by atoms with Crippen molar-refractivity contribution in [2.75, 3.05) is 0 Å². The van der Waals surface area contributed by atoms with Gasteiger partial charge in [0.1, 0.15) is 0 Å². The maximum Gasteiger partial charge on any atom is -0.00137 e. The second-order valence-electron chi connectivity index (χ2n) is 18.0. The molecule has 0 aromatic heterocycles. The van der Waals surface area contributed by atoms with E-state index in [-0.39, 0.29) is 0 Å².